The molecule has 0 saturated carbocycles. The molecule has 0 radical (unpaired) electrons. The van der Waals surface area contributed by atoms with Crippen LogP contribution in [0.2, 0.25) is 0 Å². The first kappa shape index (κ1) is 16.3. The zero-order chi connectivity index (χ0) is 17.9. The van der Waals surface area contributed by atoms with Crippen LogP contribution in [0.3, 0.4) is 0 Å². The Kier molecular flexibility index (Phi) is 4.35. The number of aromatic nitrogens is 4. The molecule has 26 heavy (non-hydrogen) atoms. The normalized spacial score (nSPS) is 16.8. The number of hydrogen-bond acceptors (Lipinski definition) is 5. The van der Waals surface area contributed by atoms with Gasteiger partial charge in [-0.3, -0.25) is 4.79 Å². The molecule has 132 valence electrons. The average Bonchev–Trinajstić information content (AvgIpc) is 3.32. The molecule has 0 bridgehead atoms. The van der Waals surface area contributed by atoms with E-state index in [1.807, 2.05) is 48.5 Å². The second kappa shape index (κ2) is 6.95. The molecule has 2 aromatic carbocycles. The Balaban J connectivity index is 1.47. The Morgan fingerprint density at radius 2 is 2.00 bits per heavy atom. The number of carbonyl (C=O) groups is 1. The van der Waals surface area contributed by atoms with E-state index in [0.717, 1.165) is 43.1 Å². The number of benzene rings is 2. The van der Waals surface area contributed by atoms with Crippen molar-refractivity contribution in [2.24, 2.45) is 11.7 Å². The van der Waals surface area contributed by atoms with Crippen molar-refractivity contribution in [1.29, 1.82) is 0 Å². The minimum Gasteiger partial charge on any atom is -0.366 e. The van der Waals surface area contributed by atoms with E-state index in [1.165, 1.54) is 0 Å². The van der Waals surface area contributed by atoms with Crippen molar-refractivity contribution >= 4 is 11.9 Å². The van der Waals surface area contributed by atoms with Gasteiger partial charge in [-0.05, 0) is 59.0 Å². The van der Waals surface area contributed by atoms with Gasteiger partial charge in [-0.15, -0.1) is 0 Å². The highest BCUT2D eigenvalue weighted by atomic mass is 16.1. The van der Waals surface area contributed by atoms with Gasteiger partial charge in [0, 0.05) is 18.7 Å². The third-order valence-electron chi connectivity index (χ3n) is 4.76. The predicted molar refractivity (Wildman–Crippen MR) is 98.1 cm³/mol. The topological polar surface area (TPSA) is 89.9 Å². The largest absolute Gasteiger partial charge is 0.366 e. The van der Waals surface area contributed by atoms with Crippen molar-refractivity contribution in [3.8, 4) is 5.69 Å². The third kappa shape index (κ3) is 3.28. The van der Waals surface area contributed by atoms with E-state index in [9.17, 15) is 4.79 Å². The van der Waals surface area contributed by atoms with Gasteiger partial charge in [0.2, 0.25) is 11.9 Å². The van der Waals surface area contributed by atoms with Gasteiger partial charge < -0.3 is 10.6 Å². The summed E-state index contributed by atoms with van der Waals surface area (Å²) in [5, 5.41) is 12.2. The van der Waals surface area contributed by atoms with E-state index in [0.29, 0.717) is 11.5 Å². The van der Waals surface area contributed by atoms with E-state index < -0.39 is 0 Å². The molecule has 1 aromatic heterocycles. The summed E-state index contributed by atoms with van der Waals surface area (Å²) >= 11 is 0. The second-order valence-corrected chi connectivity index (χ2v) is 6.60. The van der Waals surface area contributed by atoms with Gasteiger partial charge in [-0.1, -0.05) is 35.4 Å². The summed E-state index contributed by atoms with van der Waals surface area (Å²) in [6.07, 6.45) is 1.97. The third-order valence-corrected chi connectivity index (χ3v) is 4.76. The van der Waals surface area contributed by atoms with Crippen LogP contribution in [0.4, 0.5) is 5.95 Å². The van der Waals surface area contributed by atoms with Crippen LogP contribution in [-0.4, -0.2) is 39.2 Å². The Morgan fingerprint density at radius 1 is 1.15 bits per heavy atom. The van der Waals surface area contributed by atoms with Crippen LogP contribution < -0.4 is 10.6 Å². The van der Waals surface area contributed by atoms with Gasteiger partial charge in [0.15, 0.2) is 0 Å². The molecular weight excluding hydrogens is 328 g/mol. The predicted octanol–water partition coefficient (Wildman–Crippen LogP) is 1.83. The monoisotopic (exact) mass is 348 g/mol. The van der Waals surface area contributed by atoms with E-state index in [1.54, 1.807) is 10.7 Å². The van der Waals surface area contributed by atoms with E-state index >= 15 is 0 Å². The Hall–Kier alpha value is -3.22. The van der Waals surface area contributed by atoms with E-state index in [4.69, 9.17) is 5.73 Å². The number of para-hydroxylation sites is 1. The van der Waals surface area contributed by atoms with E-state index in [2.05, 4.69) is 20.4 Å². The molecule has 0 spiro atoms. The van der Waals surface area contributed by atoms with Crippen LogP contribution in [0.1, 0.15) is 22.3 Å². The van der Waals surface area contributed by atoms with Gasteiger partial charge in [-0.2, -0.15) is 4.68 Å². The molecule has 2 N–H and O–H groups in total. The number of rotatable bonds is 5. The SMILES string of the molecule is NC(=O)c1cccc(C[C@H]2CCN(c3nnnn3-c3ccccc3)C2)c1. The fraction of sp³-hybridized carbons (Fsp3) is 0.263. The lowest BCUT2D eigenvalue weighted by Gasteiger charge is -2.17. The van der Waals surface area contributed by atoms with Crippen molar-refractivity contribution in [2.75, 3.05) is 18.0 Å². The zero-order valence-corrected chi connectivity index (χ0v) is 14.3. The number of hydrogen-bond donors (Lipinski definition) is 1. The van der Waals surface area contributed by atoms with Gasteiger partial charge in [0.05, 0.1) is 5.69 Å². The number of nitrogens with zero attached hydrogens (tertiary/aromatic N) is 5. The first-order chi connectivity index (χ1) is 12.7. The first-order valence-electron chi connectivity index (χ1n) is 8.68. The summed E-state index contributed by atoms with van der Waals surface area (Å²) in [5.41, 5.74) is 8.02. The molecule has 0 unspecified atom stereocenters. The molecule has 1 amide bonds. The molecule has 1 aliphatic rings. The van der Waals surface area contributed by atoms with Crippen LogP contribution in [0.15, 0.2) is 54.6 Å². The van der Waals surface area contributed by atoms with Gasteiger partial charge in [-0.25, -0.2) is 0 Å². The molecule has 1 saturated heterocycles. The summed E-state index contributed by atoms with van der Waals surface area (Å²) in [6.45, 7) is 1.79. The minimum absolute atomic E-state index is 0.387. The van der Waals surface area contributed by atoms with Crippen LogP contribution in [0.5, 0.6) is 0 Å². The molecule has 7 heteroatoms. The van der Waals surface area contributed by atoms with Gasteiger partial charge in [0.25, 0.3) is 0 Å². The maximum atomic E-state index is 11.4. The van der Waals surface area contributed by atoms with Crippen molar-refractivity contribution in [1.82, 2.24) is 20.2 Å². The van der Waals surface area contributed by atoms with Crippen LogP contribution in [0, 0.1) is 5.92 Å². The highest BCUT2D eigenvalue weighted by molar-refractivity contribution is 5.92. The fourth-order valence-corrected chi connectivity index (χ4v) is 3.48. The fourth-order valence-electron chi connectivity index (χ4n) is 3.48. The zero-order valence-electron chi connectivity index (χ0n) is 14.3. The molecule has 4 rings (SSSR count). The molecule has 2 heterocycles. The molecular formula is C19H20N6O. The van der Waals surface area contributed by atoms with Crippen molar-refractivity contribution in [2.45, 2.75) is 12.8 Å². The molecule has 1 atom stereocenters. The molecule has 1 aliphatic heterocycles. The molecule has 1 fully saturated rings. The lowest BCUT2D eigenvalue weighted by atomic mass is 9.97. The lowest BCUT2D eigenvalue weighted by Crippen LogP contribution is -2.24. The number of carbonyl (C=O) groups excluding carboxylic acids is 1. The quantitative estimate of drug-likeness (QED) is 0.760. The summed E-state index contributed by atoms with van der Waals surface area (Å²) in [7, 11) is 0. The molecule has 7 nitrogen and oxygen atoms in total. The van der Waals surface area contributed by atoms with Crippen molar-refractivity contribution in [3.05, 3.63) is 65.7 Å². The Labute approximate surface area is 151 Å². The summed E-state index contributed by atoms with van der Waals surface area (Å²) in [6, 6.07) is 17.5. The van der Waals surface area contributed by atoms with Gasteiger partial charge in [0.1, 0.15) is 0 Å². The lowest BCUT2D eigenvalue weighted by molar-refractivity contribution is 0.1000. The second-order valence-electron chi connectivity index (χ2n) is 6.60. The standard InChI is InChI=1S/C19H20N6O/c20-18(26)16-6-4-5-14(12-16)11-15-9-10-24(13-15)19-21-22-23-25(19)17-7-2-1-3-8-17/h1-8,12,15H,9-11,13H2,(H2,20,26)/t15-/m1/s1. The first-order valence-corrected chi connectivity index (χ1v) is 8.68. The maximum absolute atomic E-state index is 11.4. The minimum atomic E-state index is -0.387. The summed E-state index contributed by atoms with van der Waals surface area (Å²) < 4.78 is 1.77. The Morgan fingerprint density at radius 3 is 2.81 bits per heavy atom. The highest BCUT2D eigenvalue weighted by Gasteiger charge is 2.27. The van der Waals surface area contributed by atoms with Crippen LogP contribution in [0.25, 0.3) is 5.69 Å². The number of tetrazole rings is 1. The summed E-state index contributed by atoms with van der Waals surface area (Å²) in [5.74, 6) is 0.866. The smallest absolute Gasteiger partial charge is 0.250 e. The number of nitrogens with two attached hydrogens (primary N) is 1. The number of anilines is 1. The average molecular weight is 348 g/mol. The number of primary amides is 1. The summed E-state index contributed by atoms with van der Waals surface area (Å²) in [4.78, 5) is 13.6. The van der Waals surface area contributed by atoms with Gasteiger partial charge >= 0.3 is 0 Å². The molecule has 3 aromatic rings. The van der Waals surface area contributed by atoms with Crippen LogP contribution in [-0.2, 0) is 6.42 Å². The number of amides is 1. The highest BCUT2D eigenvalue weighted by Crippen LogP contribution is 2.26. The Bertz CT molecular complexity index is 907. The van der Waals surface area contributed by atoms with Crippen LogP contribution >= 0.6 is 0 Å². The van der Waals surface area contributed by atoms with E-state index in [-0.39, 0.29) is 5.91 Å². The maximum Gasteiger partial charge on any atom is 0.250 e. The van der Waals surface area contributed by atoms with Crippen molar-refractivity contribution in [3.63, 3.8) is 0 Å². The molecule has 0 aliphatic carbocycles. The van der Waals surface area contributed by atoms with Crippen molar-refractivity contribution < 1.29 is 4.79 Å².